The number of aliphatic carboxylic acids is 1. The molecule has 0 aliphatic carbocycles. The van der Waals surface area contributed by atoms with Gasteiger partial charge in [-0.2, -0.15) is 0 Å². The van der Waals surface area contributed by atoms with Crippen LogP contribution in [0.1, 0.15) is 5.56 Å². The molecule has 1 aromatic rings. The number of hydrogen-bond donors (Lipinski definition) is 5. The molecule has 11 heteroatoms. The van der Waals surface area contributed by atoms with Crippen LogP contribution in [0, 0.1) is 0 Å². The van der Waals surface area contributed by atoms with Crippen molar-refractivity contribution in [3.05, 3.63) is 35.9 Å². The topological polar surface area (TPSA) is 156 Å². The SMILES string of the molecule is O=C(O)[C@H](Cc1ccccc1)N(CP(=O)(O)O)CP(=O)(O)O. The molecule has 124 valence electrons. The molecule has 0 aliphatic rings. The van der Waals surface area contributed by atoms with Gasteiger partial charge in [0.15, 0.2) is 0 Å². The van der Waals surface area contributed by atoms with Crippen molar-refractivity contribution in [2.24, 2.45) is 0 Å². The molecule has 0 saturated heterocycles. The summed E-state index contributed by atoms with van der Waals surface area (Å²) in [5.74, 6) is -1.43. The van der Waals surface area contributed by atoms with Crippen LogP contribution in [0.5, 0.6) is 0 Å². The number of carbonyl (C=O) groups is 1. The minimum atomic E-state index is -4.69. The van der Waals surface area contributed by atoms with Crippen molar-refractivity contribution in [1.82, 2.24) is 4.90 Å². The Kier molecular flexibility index (Phi) is 6.46. The summed E-state index contributed by atoms with van der Waals surface area (Å²) in [5, 5.41) is 9.25. The molecular weight excluding hydrogens is 336 g/mol. The van der Waals surface area contributed by atoms with E-state index in [2.05, 4.69) is 0 Å². The van der Waals surface area contributed by atoms with Crippen molar-refractivity contribution in [2.75, 3.05) is 12.6 Å². The average molecular weight is 353 g/mol. The van der Waals surface area contributed by atoms with Crippen molar-refractivity contribution >= 4 is 21.2 Å². The molecule has 0 radical (unpaired) electrons. The highest BCUT2D eigenvalue weighted by Crippen LogP contribution is 2.42. The zero-order valence-electron chi connectivity index (χ0n) is 11.4. The summed E-state index contributed by atoms with van der Waals surface area (Å²) in [6.45, 7) is 0. The van der Waals surface area contributed by atoms with E-state index < -0.39 is 39.8 Å². The monoisotopic (exact) mass is 353 g/mol. The van der Waals surface area contributed by atoms with Gasteiger partial charge in [-0.15, -0.1) is 0 Å². The molecule has 22 heavy (non-hydrogen) atoms. The Labute approximate surface area is 126 Å². The van der Waals surface area contributed by atoms with Gasteiger partial charge < -0.3 is 24.7 Å². The normalized spacial score (nSPS) is 14.0. The predicted octanol–water partition coefficient (Wildman–Crippen LogP) is 0.255. The highest BCUT2D eigenvalue weighted by molar-refractivity contribution is 7.52. The van der Waals surface area contributed by atoms with Crippen molar-refractivity contribution in [1.29, 1.82) is 0 Å². The predicted molar refractivity (Wildman–Crippen MR) is 77.2 cm³/mol. The van der Waals surface area contributed by atoms with Crippen molar-refractivity contribution in [3.8, 4) is 0 Å². The van der Waals surface area contributed by atoms with E-state index in [1.54, 1.807) is 30.3 Å². The summed E-state index contributed by atoms with van der Waals surface area (Å²) in [6.07, 6.45) is -2.25. The molecule has 0 heterocycles. The first-order valence-corrected chi connectivity index (χ1v) is 9.67. The van der Waals surface area contributed by atoms with E-state index in [9.17, 15) is 19.0 Å². The quantitative estimate of drug-likeness (QED) is 0.414. The fourth-order valence-electron chi connectivity index (χ4n) is 1.93. The second-order valence-corrected chi connectivity index (χ2v) is 7.97. The molecule has 0 saturated carbocycles. The zero-order valence-corrected chi connectivity index (χ0v) is 13.2. The van der Waals surface area contributed by atoms with Crippen LogP contribution in [0.2, 0.25) is 0 Å². The smallest absolute Gasteiger partial charge is 0.339 e. The largest absolute Gasteiger partial charge is 0.480 e. The van der Waals surface area contributed by atoms with Gasteiger partial charge in [0.2, 0.25) is 0 Å². The highest BCUT2D eigenvalue weighted by atomic mass is 31.2. The number of rotatable bonds is 8. The van der Waals surface area contributed by atoms with Crippen LogP contribution in [0.15, 0.2) is 30.3 Å². The third-order valence-corrected chi connectivity index (χ3v) is 4.19. The second-order valence-electron chi connectivity index (χ2n) is 4.74. The van der Waals surface area contributed by atoms with Gasteiger partial charge in [0, 0.05) is 0 Å². The van der Waals surface area contributed by atoms with Crippen LogP contribution in [-0.2, 0) is 20.3 Å². The highest BCUT2D eigenvalue weighted by Gasteiger charge is 2.34. The molecule has 0 aliphatic heterocycles. The summed E-state index contributed by atoms with van der Waals surface area (Å²) in [4.78, 5) is 48.0. The van der Waals surface area contributed by atoms with Crippen LogP contribution in [0.3, 0.4) is 0 Å². The molecule has 5 N–H and O–H groups in total. The van der Waals surface area contributed by atoms with E-state index in [1.807, 2.05) is 0 Å². The van der Waals surface area contributed by atoms with E-state index in [0.717, 1.165) is 0 Å². The Morgan fingerprint density at radius 3 is 1.82 bits per heavy atom. The second kappa shape index (κ2) is 7.48. The minimum absolute atomic E-state index is 0.143. The lowest BCUT2D eigenvalue weighted by Crippen LogP contribution is -2.43. The Morgan fingerprint density at radius 1 is 1.00 bits per heavy atom. The molecule has 0 bridgehead atoms. The molecule has 9 nitrogen and oxygen atoms in total. The van der Waals surface area contributed by atoms with E-state index >= 15 is 0 Å². The standard InChI is InChI=1S/C11H17NO8P2/c13-11(14)10(6-9-4-2-1-3-5-9)12(7-21(15,16)17)8-22(18,19)20/h1-5,10H,6-8H2,(H,13,14)(H2,15,16,17)(H2,18,19,20)/t10-/m0/s1. The van der Waals surface area contributed by atoms with Gasteiger partial charge in [-0.1, -0.05) is 30.3 Å². The Morgan fingerprint density at radius 2 is 1.45 bits per heavy atom. The van der Waals surface area contributed by atoms with Gasteiger partial charge in [-0.05, 0) is 12.0 Å². The number of benzene rings is 1. The summed E-state index contributed by atoms with van der Waals surface area (Å²) in [5.41, 5.74) is 0.566. The average Bonchev–Trinajstić information content (AvgIpc) is 2.32. The summed E-state index contributed by atoms with van der Waals surface area (Å²) in [6, 6.07) is 6.78. The molecule has 1 rings (SSSR count). The maximum atomic E-state index is 11.4. The molecule has 0 spiro atoms. The van der Waals surface area contributed by atoms with Gasteiger partial charge in [0.05, 0.1) is 0 Å². The minimum Gasteiger partial charge on any atom is -0.480 e. The Balaban J connectivity index is 3.06. The van der Waals surface area contributed by atoms with E-state index in [0.29, 0.717) is 10.5 Å². The lowest BCUT2D eigenvalue weighted by Gasteiger charge is -2.29. The third kappa shape index (κ3) is 7.29. The molecule has 1 aromatic carbocycles. The Hall–Kier alpha value is -1.05. The number of hydrogen-bond acceptors (Lipinski definition) is 4. The fourth-order valence-corrected chi connectivity index (χ4v) is 3.62. The molecule has 1 atom stereocenters. The van der Waals surface area contributed by atoms with Crippen LogP contribution >= 0.6 is 15.2 Å². The summed E-state index contributed by atoms with van der Waals surface area (Å²) in [7, 11) is -9.37. The first kappa shape index (κ1) is 19.0. The van der Waals surface area contributed by atoms with Crippen molar-refractivity contribution in [2.45, 2.75) is 12.5 Å². The number of carboxylic acid groups (broad SMARTS) is 1. The van der Waals surface area contributed by atoms with Gasteiger partial charge in [-0.3, -0.25) is 18.8 Å². The first-order valence-electron chi connectivity index (χ1n) is 6.08. The van der Waals surface area contributed by atoms with Gasteiger partial charge in [0.1, 0.15) is 18.6 Å². The zero-order chi connectivity index (χ0) is 17.0. The number of carboxylic acids is 1. The first-order chi connectivity index (χ1) is 9.98. The van der Waals surface area contributed by atoms with E-state index in [-0.39, 0.29) is 6.42 Å². The van der Waals surface area contributed by atoms with Crippen LogP contribution in [-0.4, -0.2) is 54.2 Å². The van der Waals surface area contributed by atoms with Crippen LogP contribution in [0.4, 0.5) is 0 Å². The maximum absolute atomic E-state index is 11.4. The summed E-state index contributed by atoms with van der Waals surface area (Å²) >= 11 is 0. The van der Waals surface area contributed by atoms with Gasteiger partial charge in [-0.25, -0.2) is 0 Å². The third-order valence-electron chi connectivity index (χ3n) is 2.73. The molecule has 0 fully saturated rings. The lowest BCUT2D eigenvalue weighted by atomic mass is 10.1. The van der Waals surface area contributed by atoms with Crippen LogP contribution in [0.25, 0.3) is 0 Å². The lowest BCUT2D eigenvalue weighted by molar-refractivity contribution is -0.142. The van der Waals surface area contributed by atoms with Crippen LogP contribution < -0.4 is 0 Å². The molecular formula is C11H17NO8P2. The van der Waals surface area contributed by atoms with Crippen molar-refractivity contribution in [3.63, 3.8) is 0 Å². The fraction of sp³-hybridized carbons (Fsp3) is 0.364. The van der Waals surface area contributed by atoms with Gasteiger partial charge >= 0.3 is 21.2 Å². The summed E-state index contributed by atoms with van der Waals surface area (Å²) < 4.78 is 22.2. The maximum Gasteiger partial charge on any atom is 0.339 e. The van der Waals surface area contributed by atoms with Crippen molar-refractivity contribution < 1.29 is 38.6 Å². The molecule has 0 amide bonds. The van der Waals surface area contributed by atoms with E-state index in [4.69, 9.17) is 19.6 Å². The number of nitrogens with zero attached hydrogens (tertiary/aromatic N) is 1. The Bertz CT molecular complexity index is 571. The van der Waals surface area contributed by atoms with E-state index in [1.165, 1.54) is 0 Å². The molecule has 0 aromatic heterocycles. The van der Waals surface area contributed by atoms with Gasteiger partial charge in [0.25, 0.3) is 0 Å². The molecule has 0 unspecified atom stereocenters.